The monoisotopic (exact) mass is 353 g/mol. The fourth-order valence-corrected chi connectivity index (χ4v) is 4.18. The predicted octanol–water partition coefficient (Wildman–Crippen LogP) is 0.621. The van der Waals surface area contributed by atoms with Crippen molar-refractivity contribution in [3.05, 3.63) is 35.4 Å². The van der Waals surface area contributed by atoms with Crippen molar-refractivity contribution in [1.82, 2.24) is 14.5 Å². The first-order valence-electron chi connectivity index (χ1n) is 8.44. The molecule has 1 aliphatic heterocycles. The highest BCUT2D eigenvalue weighted by Crippen LogP contribution is 2.08. The Hall–Kier alpha value is -1.44. The summed E-state index contributed by atoms with van der Waals surface area (Å²) in [7, 11) is -3.30. The lowest BCUT2D eigenvalue weighted by Crippen LogP contribution is -2.48. The number of likely N-dealkylation sites (N-methyl/N-ethyl adjacent to an activating group) is 1. The van der Waals surface area contributed by atoms with Gasteiger partial charge in [-0.15, -0.1) is 0 Å². The van der Waals surface area contributed by atoms with Crippen molar-refractivity contribution in [2.24, 2.45) is 0 Å². The molecule has 1 N–H and O–H groups in total. The number of carbonyl (C=O) groups excluding carboxylic acids is 1. The molecule has 1 saturated heterocycles. The van der Waals surface area contributed by atoms with Crippen molar-refractivity contribution >= 4 is 15.9 Å². The van der Waals surface area contributed by atoms with Crippen LogP contribution in [0, 0.1) is 6.92 Å². The van der Waals surface area contributed by atoms with E-state index in [0.717, 1.165) is 11.1 Å². The fraction of sp³-hybridized carbons (Fsp3) is 0.588. The number of nitrogens with zero attached hydrogens (tertiary/aromatic N) is 2. The molecule has 134 valence electrons. The highest BCUT2D eigenvalue weighted by molar-refractivity contribution is 7.89. The van der Waals surface area contributed by atoms with Crippen LogP contribution in [-0.2, 0) is 21.2 Å². The number of sulfonamides is 1. The first kappa shape index (κ1) is 18.9. The minimum absolute atomic E-state index is 0.0134. The summed E-state index contributed by atoms with van der Waals surface area (Å²) in [6.45, 7) is 7.02. The first-order valence-corrected chi connectivity index (χ1v) is 10.0. The molecule has 1 aromatic carbocycles. The standard InChI is InChI=1S/C17H27N3O3S/c1-3-19(17(21)14-16-6-4-15(2)5-7-16)12-13-24(22,23)20-10-8-18-9-11-20/h4-7,18H,3,8-14H2,1-2H3. The first-order chi connectivity index (χ1) is 11.4. The van der Waals surface area contributed by atoms with Crippen LogP contribution >= 0.6 is 0 Å². The topological polar surface area (TPSA) is 69.7 Å². The van der Waals surface area contributed by atoms with Crippen molar-refractivity contribution < 1.29 is 13.2 Å². The molecule has 6 nitrogen and oxygen atoms in total. The van der Waals surface area contributed by atoms with Gasteiger partial charge < -0.3 is 10.2 Å². The number of piperazine rings is 1. The van der Waals surface area contributed by atoms with Gasteiger partial charge >= 0.3 is 0 Å². The summed E-state index contributed by atoms with van der Waals surface area (Å²) >= 11 is 0. The maximum Gasteiger partial charge on any atom is 0.227 e. The largest absolute Gasteiger partial charge is 0.342 e. The van der Waals surface area contributed by atoms with Gasteiger partial charge in [-0.25, -0.2) is 8.42 Å². The van der Waals surface area contributed by atoms with E-state index in [-0.39, 0.29) is 18.2 Å². The van der Waals surface area contributed by atoms with Gasteiger partial charge in [0.15, 0.2) is 0 Å². The predicted molar refractivity (Wildman–Crippen MR) is 95.4 cm³/mol. The second-order valence-corrected chi connectivity index (χ2v) is 8.19. The van der Waals surface area contributed by atoms with Crippen LogP contribution in [0.25, 0.3) is 0 Å². The Labute approximate surface area is 144 Å². The molecule has 2 rings (SSSR count). The molecule has 1 aromatic rings. The highest BCUT2D eigenvalue weighted by Gasteiger charge is 2.25. The molecule has 0 saturated carbocycles. The second-order valence-electron chi connectivity index (χ2n) is 6.10. The maximum atomic E-state index is 12.4. The average Bonchev–Trinajstić information content (AvgIpc) is 2.58. The molecule has 0 bridgehead atoms. The smallest absolute Gasteiger partial charge is 0.227 e. The molecule has 0 aliphatic carbocycles. The van der Waals surface area contributed by atoms with Gasteiger partial charge in [-0.05, 0) is 19.4 Å². The number of nitrogens with one attached hydrogen (secondary N) is 1. The van der Waals surface area contributed by atoms with Crippen LogP contribution < -0.4 is 5.32 Å². The van der Waals surface area contributed by atoms with E-state index in [9.17, 15) is 13.2 Å². The number of amides is 1. The molecule has 1 heterocycles. The van der Waals surface area contributed by atoms with Gasteiger partial charge in [-0.2, -0.15) is 4.31 Å². The molecular weight excluding hydrogens is 326 g/mol. The van der Waals surface area contributed by atoms with E-state index in [4.69, 9.17) is 0 Å². The van der Waals surface area contributed by atoms with E-state index in [2.05, 4.69) is 5.32 Å². The van der Waals surface area contributed by atoms with Crippen molar-refractivity contribution in [2.75, 3.05) is 45.0 Å². The van der Waals surface area contributed by atoms with Crippen LogP contribution in [0.4, 0.5) is 0 Å². The van der Waals surface area contributed by atoms with E-state index in [1.54, 1.807) is 4.90 Å². The number of hydrogen-bond donors (Lipinski definition) is 1. The summed E-state index contributed by atoms with van der Waals surface area (Å²) in [5, 5.41) is 3.14. The molecule has 1 aliphatic rings. The van der Waals surface area contributed by atoms with Gasteiger partial charge in [0.2, 0.25) is 15.9 Å². The Morgan fingerprint density at radius 2 is 1.83 bits per heavy atom. The minimum atomic E-state index is -3.30. The Morgan fingerprint density at radius 3 is 2.42 bits per heavy atom. The third-order valence-corrected chi connectivity index (χ3v) is 6.15. The molecule has 0 unspecified atom stereocenters. The number of carbonyl (C=O) groups is 1. The summed E-state index contributed by atoms with van der Waals surface area (Å²) in [5.41, 5.74) is 2.11. The van der Waals surface area contributed by atoms with Crippen LogP contribution in [-0.4, -0.2) is 68.6 Å². The summed E-state index contributed by atoms with van der Waals surface area (Å²) in [6.07, 6.45) is 0.307. The summed E-state index contributed by atoms with van der Waals surface area (Å²) in [5.74, 6) is -0.0441. The van der Waals surface area contributed by atoms with E-state index in [1.165, 1.54) is 4.31 Å². The zero-order valence-corrected chi connectivity index (χ0v) is 15.3. The van der Waals surface area contributed by atoms with E-state index in [1.807, 2.05) is 38.1 Å². The molecule has 1 fully saturated rings. The van der Waals surface area contributed by atoms with E-state index >= 15 is 0 Å². The quantitative estimate of drug-likeness (QED) is 0.780. The normalized spacial score (nSPS) is 16.1. The van der Waals surface area contributed by atoms with Crippen molar-refractivity contribution in [2.45, 2.75) is 20.3 Å². The lowest BCUT2D eigenvalue weighted by atomic mass is 10.1. The maximum absolute atomic E-state index is 12.4. The van der Waals surface area contributed by atoms with Crippen molar-refractivity contribution in [1.29, 1.82) is 0 Å². The SMILES string of the molecule is CCN(CCS(=O)(=O)N1CCNCC1)C(=O)Cc1ccc(C)cc1. The van der Waals surface area contributed by atoms with Crippen molar-refractivity contribution in [3.63, 3.8) is 0 Å². The second kappa shape index (κ2) is 8.60. The highest BCUT2D eigenvalue weighted by atomic mass is 32.2. The summed E-state index contributed by atoms with van der Waals surface area (Å²) < 4.78 is 26.3. The van der Waals surface area contributed by atoms with Gasteiger partial charge in [0.1, 0.15) is 0 Å². The molecular formula is C17H27N3O3S. The van der Waals surface area contributed by atoms with E-state index < -0.39 is 10.0 Å². The van der Waals surface area contributed by atoms with Crippen LogP contribution in [0.3, 0.4) is 0 Å². The average molecular weight is 353 g/mol. The molecule has 24 heavy (non-hydrogen) atoms. The Balaban J connectivity index is 1.90. The van der Waals surface area contributed by atoms with Crippen molar-refractivity contribution in [3.8, 4) is 0 Å². The Morgan fingerprint density at radius 1 is 1.21 bits per heavy atom. The van der Waals surface area contributed by atoms with Gasteiger partial charge in [0.05, 0.1) is 12.2 Å². The lowest BCUT2D eigenvalue weighted by molar-refractivity contribution is -0.130. The van der Waals surface area contributed by atoms with Crippen LogP contribution in [0.5, 0.6) is 0 Å². The zero-order chi connectivity index (χ0) is 17.6. The van der Waals surface area contributed by atoms with Gasteiger partial charge in [0.25, 0.3) is 0 Å². The lowest BCUT2D eigenvalue weighted by Gasteiger charge is -2.28. The molecule has 0 spiro atoms. The van der Waals surface area contributed by atoms with Crippen LogP contribution in [0.1, 0.15) is 18.1 Å². The number of rotatable bonds is 7. The molecule has 7 heteroatoms. The van der Waals surface area contributed by atoms with Gasteiger partial charge in [0, 0.05) is 39.3 Å². The fourth-order valence-electron chi connectivity index (χ4n) is 2.73. The summed E-state index contributed by atoms with van der Waals surface area (Å²) in [6, 6.07) is 7.85. The molecule has 0 radical (unpaired) electrons. The van der Waals surface area contributed by atoms with Gasteiger partial charge in [-0.3, -0.25) is 4.79 Å². The van der Waals surface area contributed by atoms with E-state index in [0.29, 0.717) is 39.1 Å². The van der Waals surface area contributed by atoms with Gasteiger partial charge in [-0.1, -0.05) is 29.8 Å². The van der Waals surface area contributed by atoms with Crippen LogP contribution in [0.15, 0.2) is 24.3 Å². The zero-order valence-electron chi connectivity index (χ0n) is 14.5. The Kier molecular flexibility index (Phi) is 6.77. The minimum Gasteiger partial charge on any atom is -0.342 e. The number of hydrogen-bond acceptors (Lipinski definition) is 4. The third-order valence-electron chi connectivity index (χ3n) is 4.30. The Bertz CT molecular complexity index is 638. The molecule has 0 aromatic heterocycles. The van der Waals surface area contributed by atoms with Crippen LogP contribution in [0.2, 0.25) is 0 Å². The summed E-state index contributed by atoms with van der Waals surface area (Å²) in [4.78, 5) is 14.1. The third kappa shape index (κ3) is 5.29. The molecule has 0 atom stereocenters. The number of benzene rings is 1. The number of aryl methyl sites for hydroxylation is 1. The molecule has 1 amide bonds.